The minimum absolute atomic E-state index is 0.218. The van der Waals surface area contributed by atoms with E-state index >= 15 is 0 Å². The predicted molar refractivity (Wildman–Crippen MR) is 75.5 cm³/mol. The molecule has 0 aromatic heterocycles. The first-order chi connectivity index (χ1) is 7.80. The molecule has 0 saturated carbocycles. The summed E-state index contributed by atoms with van der Waals surface area (Å²) in [5.41, 5.74) is 0.218. The van der Waals surface area contributed by atoms with E-state index in [0.717, 1.165) is 26.3 Å². The second kappa shape index (κ2) is 8.06. The summed E-state index contributed by atoms with van der Waals surface area (Å²) in [5, 5.41) is 3.20. The number of rotatable bonds is 9. The van der Waals surface area contributed by atoms with E-state index < -0.39 is 0 Å². The Balaban J connectivity index is 3.83. The highest BCUT2D eigenvalue weighted by molar-refractivity contribution is 4.70. The van der Waals surface area contributed by atoms with Crippen molar-refractivity contribution in [2.45, 2.75) is 53.6 Å². The second-order valence-corrected chi connectivity index (χ2v) is 6.17. The lowest BCUT2D eigenvalue weighted by atomic mass is 9.95. The van der Waals surface area contributed by atoms with Crippen LogP contribution in [0.5, 0.6) is 0 Å². The normalized spacial score (nSPS) is 13.1. The molecule has 0 aromatic carbocycles. The van der Waals surface area contributed by atoms with Crippen molar-refractivity contribution in [1.29, 1.82) is 0 Å². The lowest BCUT2D eigenvalue weighted by Crippen LogP contribution is -2.40. The van der Waals surface area contributed by atoms with Crippen molar-refractivity contribution in [1.82, 2.24) is 10.2 Å². The van der Waals surface area contributed by atoms with E-state index in [9.17, 15) is 0 Å². The zero-order chi connectivity index (χ0) is 13.5. The van der Waals surface area contributed by atoms with Crippen molar-refractivity contribution in [2.24, 2.45) is 5.41 Å². The van der Waals surface area contributed by atoms with Gasteiger partial charge in [0.2, 0.25) is 0 Å². The van der Waals surface area contributed by atoms with Gasteiger partial charge in [0, 0.05) is 30.6 Å². The van der Waals surface area contributed by atoms with Gasteiger partial charge in [0.05, 0.1) is 13.2 Å². The molecule has 0 unspecified atom stereocenters. The summed E-state index contributed by atoms with van der Waals surface area (Å²) in [5.74, 6) is 0. The average Bonchev–Trinajstić information content (AvgIpc) is 2.15. The fraction of sp³-hybridized carbons (Fsp3) is 1.00. The molecule has 0 aliphatic carbocycles. The van der Waals surface area contributed by atoms with Crippen molar-refractivity contribution in [3.05, 3.63) is 0 Å². The van der Waals surface area contributed by atoms with Crippen LogP contribution in [0.15, 0.2) is 0 Å². The molecular formula is C14H32N2O. The van der Waals surface area contributed by atoms with Crippen LogP contribution >= 0.6 is 0 Å². The average molecular weight is 244 g/mol. The summed E-state index contributed by atoms with van der Waals surface area (Å²) in [6.07, 6.45) is 0. The molecule has 3 nitrogen and oxygen atoms in total. The first-order valence-corrected chi connectivity index (χ1v) is 6.78. The Morgan fingerprint density at radius 3 is 2.06 bits per heavy atom. The van der Waals surface area contributed by atoms with Crippen molar-refractivity contribution in [3.8, 4) is 0 Å². The zero-order valence-electron chi connectivity index (χ0n) is 12.8. The summed E-state index contributed by atoms with van der Waals surface area (Å²) in [6.45, 7) is 17.1. The Bertz CT molecular complexity index is 183. The van der Waals surface area contributed by atoms with Crippen molar-refractivity contribution in [3.63, 3.8) is 0 Å². The first-order valence-electron chi connectivity index (χ1n) is 6.78. The van der Waals surface area contributed by atoms with Gasteiger partial charge in [0.15, 0.2) is 0 Å². The lowest BCUT2D eigenvalue weighted by Gasteiger charge is -2.31. The molecular weight excluding hydrogens is 212 g/mol. The highest BCUT2D eigenvalue weighted by Crippen LogP contribution is 2.13. The second-order valence-electron chi connectivity index (χ2n) is 6.17. The Kier molecular flexibility index (Phi) is 8.01. The summed E-state index contributed by atoms with van der Waals surface area (Å²) in [7, 11) is 1.99. The van der Waals surface area contributed by atoms with E-state index in [1.165, 1.54) is 0 Å². The SMILES string of the molecule is CNCC(C)(C)COCCN(C(C)C)C(C)C. The number of hydrogen-bond acceptors (Lipinski definition) is 3. The predicted octanol–water partition coefficient (Wildman–Crippen LogP) is 2.37. The van der Waals surface area contributed by atoms with Gasteiger partial charge in [0.25, 0.3) is 0 Å². The van der Waals surface area contributed by atoms with E-state index in [0.29, 0.717) is 12.1 Å². The van der Waals surface area contributed by atoms with E-state index in [-0.39, 0.29) is 5.41 Å². The van der Waals surface area contributed by atoms with E-state index in [1.807, 2.05) is 7.05 Å². The molecule has 0 aliphatic rings. The first kappa shape index (κ1) is 16.9. The standard InChI is InChI=1S/C14H32N2O/c1-12(2)16(13(3)4)8-9-17-11-14(5,6)10-15-7/h12-13,15H,8-11H2,1-7H3. The van der Waals surface area contributed by atoms with Gasteiger partial charge < -0.3 is 10.1 Å². The van der Waals surface area contributed by atoms with Crippen LogP contribution in [0, 0.1) is 5.41 Å². The number of ether oxygens (including phenoxy) is 1. The lowest BCUT2D eigenvalue weighted by molar-refractivity contribution is 0.0360. The Hall–Kier alpha value is -0.120. The molecule has 104 valence electrons. The van der Waals surface area contributed by atoms with Gasteiger partial charge in [-0.3, -0.25) is 4.90 Å². The third-order valence-corrected chi connectivity index (χ3v) is 2.97. The topological polar surface area (TPSA) is 24.5 Å². The van der Waals surface area contributed by atoms with Gasteiger partial charge in [0.1, 0.15) is 0 Å². The van der Waals surface area contributed by atoms with Gasteiger partial charge in [-0.15, -0.1) is 0 Å². The van der Waals surface area contributed by atoms with Crippen molar-refractivity contribution >= 4 is 0 Å². The Labute approximate surface area is 108 Å². The minimum atomic E-state index is 0.218. The molecule has 1 N–H and O–H groups in total. The summed E-state index contributed by atoms with van der Waals surface area (Å²) in [4.78, 5) is 2.46. The van der Waals surface area contributed by atoms with Crippen LogP contribution in [0.3, 0.4) is 0 Å². The van der Waals surface area contributed by atoms with E-state index in [1.54, 1.807) is 0 Å². The highest BCUT2D eigenvalue weighted by atomic mass is 16.5. The van der Waals surface area contributed by atoms with Crippen LogP contribution in [0.4, 0.5) is 0 Å². The minimum Gasteiger partial charge on any atom is -0.380 e. The van der Waals surface area contributed by atoms with Crippen LogP contribution in [-0.2, 0) is 4.74 Å². The van der Waals surface area contributed by atoms with Crippen LogP contribution in [0.25, 0.3) is 0 Å². The van der Waals surface area contributed by atoms with Crippen LogP contribution in [-0.4, -0.2) is 50.3 Å². The molecule has 0 saturated heterocycles. The maximum atomic E-state index is 5.80. The molecule has 0 radical (unpaired) electrons. The molecule has 0 fully saturated rings. The fourth-order valence-corrected chi connectivity index (χ4v) is 2.16. The zero-order valence-corrected chi connectivity index (χ0v) is 12.8. The number of hydrogen-bond donors (Lipinski definition) is 1. The monoisotopic (exact) mass is 244 g/mol. The van der Waals surface area contributed by atoms with Crippen LogP contribution in [0.1, 0.15) is 41.5 Å². The Morgan fingerprint density at radius 1 is 1.12 bits per heavy atom. The van der Waals surface area contributed by atoms with Crippen LogP contribution < -0.4 is 5.32 Å². The summed E-state index contributed by atoms with van der Waals surface area (Å²) in [6, 6.07) is 1.17. The smallest absolute Gasteiger partial charge is 0.0593 e. The maximum Gasteiger partial charge on any atom is 0.0593 e. The van der Waals surface area contributed by atoms with Crippen molar-refractivity contribution < 1.29 is 4.74 Å². The molecule has 0 aliphatic heterocycles. The molecule has 0 spiro atoms. The van der Waals surface area contributed by atoms with E-state index in [2.05, 4.69) is 51.8 Å². The Morgan fingerprint density at radius 2 is 1.65 bits per heavy atom. The van der Waals surface area contributed by atoms with E-state index in [4.69, 9.17) is 4.74 Å². The fourth-order valence-electron chi connectivity index (χ4n) is 2.16. The van der Waals surface area contributed by atoms with Gasteiger partial charge >= 0.3 is 0 Å². The third kappa shape index (κ3) is 7.74. The molecule has 0 atom stereocenters. The maximum absolute atomic E-state index is 5.80. The third-order valence-electron chi connectivity index (χ3n) is 2.97. The number of nitrogens with one attached hydrogen (secondary N) is 1. The quantitative estimate of drug-likeness (QED) is 0.630. The van der Waals surface area contributed by atoms with Crippen molar-refractivity contribution in [2.75, 3.05) is 33.4 Å². The number of nitrogens with zero attached hydrogens (tertiary/aromatic N) is 1. The molecule has 0 aromatic rings. The van der Waals surface area contributed by atoms with Gasteiger partial charge in [-0.05, 0) is 34.7 Å². The van der Waals surface area contributed by atoms with Crippen LogP contribution in [0.2, 0.25) is 0 Å². The molecule has 0 rings (SSSR count). The molecule has 3 heteroatoms. The van der Waals surface area contributed by atoms with Gasteiger partial charge in [-0.1, -0.05) is 13.8 Å². The summed E-state index contributed by atoms with van der Waals surface area (Å²) < 4.78 is 5.80. The van der Waals surface area contributed by atoms with Gasteiger partial charge in [-0.2, -0.15) is 0 Å². The molecule has 0 amide bonds. The largest absolute Gasteiger partial charge is 0.380 e. The van der Waals surface area contributed by atoms with Gasteiger partial charge in [-0.25, -0.2) is 0 Å². The molecule has 0 bridgehead atoms. The molecule has 0 heterocycles. The molecule has 17 heavy (non-hydrogen) atoms. The summed E-state index contributed by atoms with van der Waals surface area (Å²) >= 11 is 0. The highest BCUT2D eigenvalue weighted by Gasteiger charge is 2.18.